The van der Waals surface area contributed by atoms with Crippen LogP contribution in [-0.4, -0.2) is 9.78 Å². The average Bonchev–Trinajstić information content (AvgIpc) is 2.62. The number of nitrogens with zero attached hydrogens (tertiary/aromatic N) is 2. The van der Waals surface area contributed by atoms with E-state index >= 15 is 0 Å². The van der Waals surface area contributed by atoms with Crippen LogP contribution in [0, 0.1) is 26.6 Å². The Bertz CT molecular complexity index is 611. The van der Waals surface area contributed by atoms with Gasteiger partial charge in [0.25, 0.3) is 0 Å². The Balaban J connectivity index is 2.03. The second kappa shape index (κ2) is 5.94. The smallest absolute Gasteiger partial charge is 0.129 e. The number of benzene rings is 1. The molecule has 0 radical (unpaired) electrons. The van der Waals surface area contributed by atoms with Crippen molar-refractivity contribution in [1.82, 2.24) is 15.1 Å². The van der Waals surface area contributed by atoms with Crippen LogP contribution in [0.25, 0.3) is 0 Å². The summed E-state index contributed by atoms with van der Waals surface area (Å²) in [5.41, 5.74) is 4.21. The Morgan fingerprint density at radius 1 is 1.20 bits per heavy atom. The van der Waals surface area contributed by atoms with Gasteiger partial charge in [0.1, 0.15) is 5.82 Å². The normalized spacial score (nSPS) is 11.1. The monoisotopic (exact) mass is 295 g/mol. The molecule has 0 amide bonds. The van der Waals surface area contributed by atoms with Gasteiger partial charge in [0.2, 0.25) is 0 Å². The molecule has 0 unspecified atom stereocenters. The van der Waals surface area contributed by atoms with E-state index in [-0.39, 0.29) is 5.82 Å². The third kappa shape index (κ3) is 3.02. The number of hydrogen-bond acceptors (Lipinski definition) is 2. The largest absolute Gasteiger partial charge is 0.307 e. The molecule has 3 nitrogen and oxygen atoms in total. The van der Waals surface area contributed by atoms with Crippen molar-refractivity contribution in [2.75, 3.05) is 0 Å². The lowest BCUT2D eigenvalue weighted by Crippen LogP contribution is -2.16. The molecule has 0 bridgehead atoms. The summed E-state index contributed by atoms with van der Waals surface area (Å²) in [6.45, 7) is 6.76. The van der Waals surface area contributed by atoms with E-state index in [1.807, 2.05) is 26.1 Å². The van der Waals surface area contributed by atoms with Crippen LogP contribution in [0.15, 0.2) is 12.1 Å². The van der Waals surface area contributed by atoms with Gasteiger partial charge in [0.15, 0.2) is 0 Å². The topological polar surface area (TPSA) is 29.9 Å². The molecule has 0 aliphatic carbocycles. The maximum Gasteiger partial charge on any atom is 0.129 e. The Labute approximate surface area is 123 Å². The van der Waals surface area contributed by atoms with E-state index in [0.717, 1.165) is 17.0 Å². The van der Waals surface area contributed by atoms with Crippen molar-refractivity contribution in [3.8, 4) is 0 Å². The minimum atomic E-state index is -0.126. The van der Waals surface area contributed by atoms with Crippen molar-refractivity contribution in [1.29, 1.82) is 0 Å². The summed E-state index contributed by atoms with van der Waals surface area (Å²) >= 11 is 6.19. The highest BCUT2D eigenvalue weighted by molar-refractivity contribution is 6.31. The van der Waals surface area contributed by atoms with Gasteiger partial charge in [-0.1, -0.05) is 23.7 Å². The fourth-order valence-corrected chi connectivity index (χ4v) is 2.56. The molecule has 1 aromatic heterocycles. The van der Waals surface area contributed by atoms with E-state index in [1.54, 1.807) is 18.5 Å². The molecular weight excluding hydrogens is 277 g/mol. The van der Waals surface area contributed by atoms with Crippen LogP contribution in [0.4, 0.5) is 4.39 Å². The summed E-state index contributed by atoms with van der Waals surface area (Å²) in [4.78, 5) is 0. The highest BCUT2D eigenvalue weighted by Gasteiger charge is 2.10. The first kappa shape index (κ1) is 15.0. The zero-order chi connectivity index (χ0) is 14.9. The summed E-state index contributed by atoms with van der Waals surface area (Å²) in [5.74, 6) is -0.126. The molecule has 0 aliphatic rings. The summed E-state index contributed by atoms with van der Waals surface area (Å²) in [6, 6.07) is 3.73. The van der Waals surface area contributed by atoms with Crippen LogP contribution in [0.1, 0.15) is 28.1 Å². The molecule has 0 atom stereocenters. The van der Waals surface area contributed by atoms with E-state index < -0.39 is 0 Å². The lowest BCUT2D eigenvalue weighted by Gasteiger charge is -2.09. The number of rotatable bonds is 4. The summed E-state index contributed by atoms with van der Waals surface area (Å²) in [5, 5.41) is 8.29. The number of halogens is 2. The third-order valence-corrected chi connectivity index (χ3v) is 3.87. The Kier molecular flexibility index (Phi) is 4.45. The average molecular weight is 296 g/mol. The molecule has 1 aromatic carbocycles. The molecule has 0 saturated heterocycles. The van der Waals surface area contributed by atoms with Gasteiger partial charge in [-0.05, 0) is 37.5 Å². The highest BCUT2D eigenvalue weighted by atomic mass is 35.5. The molecule has 5 heteroatoms. The minimum absolute atomic E-state index is 0.126. The van der Waals surface area contributed by atoms with Crippen molar-refractivity contribution in [3.63, 3.8) is 0 Å². The summed E-state index contributed by atoms with van der Waals surface area (Å²) in [6.07, 6.45) is 0. The molecule has 1 N–H and O–H groups in total. The first-order valence-electron chi connectivity index (χ1n) is 6.54. The maximum absolute atomic E-state index is 13.6. The zero-order valence-electron chi connectivity index (χ0n) is 12.2. The predicted octanol–water partition coefficient (Wildman–Crippen LogP) is 3.43. The minimum Gasteiger partial charge on any atom is -0.307 e. The van der Waals surface area contributed by atoms with E-state index in [0.29, 0.717) is 29.2 Å². The molecule has 2 rings (SSSR count). The van der Waals surface area contributed by atoms with E-state index in [9.17, 15) is 4.39 Å². The molecule has 0 aliphatic heterocycles. The van der Waals surface area contributed by atoms with Crippen LogP contribution >= 0.6 is 11.6 Å². The highest BCUT2D eigenvalue weighted by Crippen LogP contribution is 2.19. The van der Waals surface area contributed by atoms with Gasteiger partial charge in [0.05, 0.1) is 16.4 Å². The van der Waals surface area contributed by atoms with Gasteiger partial charge in [-0.2, -0.15) is 5.10 Å². The van der Waals surface area contributed by atoms with Crippen molar-refractivity contribution < 1.29 is 4.39 Å². The van der Waals surface area contributed by atoms with Gasteiger partial charge in [-0.25, -0.2) is 4.39 Å². The Morgan fingerprint density at radius 2 is 1.80 bits per heavy atom. The number of aromatic nitrogens is 2. The Morgan fingerprint density at radius 3 is 2.30 bits per heavy atom. The fraction of sp³-hybridized carbons (Fsp3) is 0.400. The summed E-state index contributed by atoms with van der Waals surface area (Å²) < 4.78 is 15.3. The van der Waals surface area contributed by atoms with Crippen LogP contribution in [0.5, 0.6) is 0 Å². The van der Waals surface area contributed by atoms with Crippen LogP contribution in [0.3, 0.4) is 0 Å². The van der Waals surface area contributed by atoms with Gasteiger partial charge < -0.3 is 5.32 Å². The molecular formula is C15H19ClFN3. The number of hydrogen-bond donors (Lipinski definition) is 1. The fourth-order valence-electron chi connectivity index (χ4n) is 2.34. The van der Waals surface area contributed by atoms with Gasteiger partial charge in [0, 0.05) is 20.1 Å². The molecule has 0 fully saturated rings. The Hall–Kier alpha value is -1.39. The quantitative estimate of drug-likeness (QED) is 0.936. The maximum atomic E-state index is 13.6. The molecule has 108 valence electrons. The second-order valence-electron chi connectivity index (χ2n) is 5.12. The van der Waals surface area contributed by atoms with Crippen LogP contribution in [0.2, 0.25) is 5.02 Å². The lowest BCUT2D eigenvalue weighted by molar-refractivity contribution is 0.602. The van der Waals surface area contributed by atoms with Gasteiger partial charge in [-0.3, -0.25) is 4.68 Å². The van der Waals surface area contributed by atoms with Crippen molar-refractivity contribution >= 4 is 11.6 Å². The first-order valence-corrected chi connectivity index (χ1v) is 6.92. The van der Waals surface area contributed by atoms with E-state index in [4.69, 9.17) is 11.6 Å². The van der Waals surface area contributed by atoms with Gasteiger partial charge >= 0.3 is 0 Å². The second-order valence-corrected chi connectivity index (χ2v) is 5.49. The van der Waals surface area contributed by atoms with Gasteiger partial charge in [-0.15, -0.1) is 0 Å². The molecule has 0 spiro atoms. The molecule has 20 heavy (non-hydrogen) atoms. The number of aryl methyl sites for hydroxylation is 4. The predicted molar refractivity (Wildman–Crippen MR) is 79.4 cm³/mol. The van der Waals surface area contributed by atoms with Crippen molar-refractivity contribution in [2.24, 2.45) is 7.05 Å². The first-order chi connectivity index (χ1) is 9.40. The molecule has 1 heterocycles. The lowest BCUT2D eigenvalue weighted by atomic mass is 10.1. The third-order valence-electron chi connectivity index (χ3n) is 3.38. The van der Waals surface area contributed by atoms with Crippen LogP contribution < -0.4 is 5.32 Å². The molecule has 2 aromatic rings. The SMILES string of the molecule is Cc1cc(CNCc2c(Cl)c(C)nn2C)cc(C)c1F. The van der Waals surface area contributed by atoms with Crippen LogP contribution in [-0.2, 0) is 20.1 Å². The summed E-state index contributed by atoms with van der Waals surface area (Å²) in [7, 11) is 1.88. The van der Waals surface area contributed by atoms with E-state index in [2.05, 4.69) is 10.4 Å². The van der Waals surface area contributed by atoms with Crippen molar-refractivity contribution in [2.45, 2.75) is 33.9 Å². The van der Waals surface area contributed by atoms with Crippen molar-refractivity contribution in [3.05, 3.63) is 51.1 Å². The molecule has 0 saturated carbocycles. The standard InChI is InChI=1S/C15H19ClFN3/c1-9-5-12(6-10(2)15(9)17)7-18-8-13-14(16)11(3)19-20(13)4/h5-6,18H,7-8H2,1-4H3. The van der Waals surface area contributed by atoms with E-state index in [1.165, 1.54) is 0 Å². The number of nitrogens with one attached hydrogen (secondary N) is 1. The zero-order valence-corrected chi connectivity index (χ0v) is 13.0.